The summed E-state index contributed by atoms with van der Waals surface area (Å²) in [6.45, 7) is 9.86. The van der Waals surface area contributed by atoms with E-state index >= 15 is 0 Å². The molecule has 0 bridgehead atoms. The predicted octanol–water partition coefficient (Wildman–Crippen LogP) is 3.88. The molecule has 0 radical (unpaired) electrons. The lowest BCUT2D eigenvalue weighted by Crippen LogP contribution is -2.62. The molecule has 0 saturated carbocycles. The van der Waals surface area contributed by atoms with E-state index < -0.39 is 23.6 Å². The number of nitrogens with zero attached hydrogens (tertiary/aromatic N) is 5. The molecule has 0 aromatic heterocycles. The summed E-state index contributed by atoms with van der Waals surface area (Å²) in [6, 6.07) is 4.68. The lowest BCUT2D eigenvalue weighted by atomic mass is 10.0. The molecule has 8 nitrogen and oxygen atoms in total. The number of halogens is 1. The zero-order valence-corrected chi connectivity index (χ0v) is 18.5. The van der Waals surface area contributed by atoms with Gasteiger partial charge in [0.05, 0.1) is 17.7 Å². The zero-order valence-electron chi connectivity index (χ0n) is 18.5. The lowest BCUT2D eigenvalue weighted by Gasteiger charge is -2.45. The number of carbonyl (C=O) groups excluding carboxylic acids is 2. The van der Waals surface area contributed by atoms with Crippen molar-refractivity contribution in [3.05, 3.63) is 35.1 Å². The van der Waals surface area contributed by atoms with Crippen LogP contribution in [0.25, 0.3) is 0 Å². The molecule has 1 saturated heterocycles. The summed E-state index contributed by atoms with van der Waals surface area (Å²) in [5, 5.41) is 14.7. The van der Waals surface area contributed by atoms with E-state index in [1.807, 2.05) is 40.7 Å². The summed E-state index contributed by atoms with van der Waals surface area (Å²) < 4.78 is 19.4. The fourth-order valence-electron chi connectivity index (χ4n) is 4.04. The second-order valence-electron chi connectivity index (χ2n) is 9.05. The number of piperazine rings is 1. The number of amides is 3. The molecule has 3 amide bonds. The molecule has 3 atom stereocenters. The minimum Gasteiger partial charge on any atom is -0.444 e. The number of ether oxygens (including phenoxy) is 1. The van der Waals surface area contributed by atoms with Crippen molar-refractivity contribution in [2.24, 2.45) is 5.10 Å². The monoisotopic (exact) mass is 429 g/mol. The van der Waals surface area contributed by atoms with Crippen LogP contribution in [0.15, 0.2) is 23.3 Å². The summed E-state index contributed by atoms with van der Waals surface area (Å²) in [4.78, 5) is 29.2. The summed E-state index contributed by atoms with van der Waals surface area (Å²) in [5.74, 6) is -0.527. The van der Waals surface area contributed by atoms with Crippen LogP contribution in [0, 0.1) is 17.1 Å². The van der Waals surface area contributed by atoms with E-state index in [1.54, 1.807) is 22.1 Å². The minimum atomic E-state index is -0.596. The van der Waals surface area contributed by atoms with Gasteiger partial charge in [-0.15, -0.1) is 0 Å². The second kappa shape index (κ2) is 8.53. The lowest BCUT2D eigenvalue weighted by molar-refractivity contribution is -0.00305. The Bertz CT molecular complexity index is 924. The first-order valence-corrected chi connectivity index (χ1v) is 10.3. The highest BCUT2D eigenvalue weighted by molar-refractivity contribution is 5.79. The average molecular weight is 429 g/mol. The van der Waals surface area contributed by atoms with Gasteiger partial charge in [-0.3, -0.25) is 0 Å². The van der Waals surface area contributed by atoms with E-state index in [0.29, 0.717) is 25.1 Å². The molecule has 2 aliphatic heterocycles. The van der Waals surface area contributed by atoms with Gasteiger partial charge in [-0.1, -0.05) is 0 Å². The highest BCUT2D eigenvalue weighted by Gasteiger charge is 2.41. The maximum Gasteiger partial charge on any atom is 0.410 e. The van der Waals surface area contributed by atoms with Crippen molar-refractivity contribution in [2.75, 3.05) is 13.1 Å². The van der Waals surface area contributed by atoms with Gasteiger partial charge in [0.25, 0.3) is 0 Å². The van der Waals surface area contributed by atoms with Crippen molar-refractivity contribution in [1.82, 2.24) is 14.8 Å². The Labute approximate surface area is 181 Å². The number of hydrazone groups is 1. The van der Waals surface area contributed by atoms with Gasteiger partial charge in [0.1, 0.15) is 11.4 Å². The average Bonchev–Trinajstić information content (AvgIpc) is 3.15. The molecule has 1 aromatic carbocycles. The topological polar surface area (TPSA) is 89.2 Å². The van der Waals surface area contributed by atoms with Crippen LogP contribution in [-0.4, -0.2) is 63.9 Å². The smallest absolute Gasteiger partial charge is 0.410 e. The van der Waals surface area contributed by atoms with Gasteiger partial charge in [0.2, 0.25) is 0 Å². The van der Waals surface area contributed by atoms with Gasteiger partial charge in [-0.05, 0) is 58.4 Å². The van der Waals surface area contributed by atoms with Gasteiger partial charge in [-0.25, -0.2) is 19.0 Å². The van der Waals surface area contributed by atoms with E-state index in [0.717, 1.165) is 6.07 Å². The summed E-state index contributed by atoms with van der Waals surface area (Å²) >= 11 is 0. The largest absolute Gasteiger partial charge is 0.444 e. The number of hydrogen-bond acceptors (Lipinski definition) is 5. The van der Waals surface area contributed by atoms with Crippen molar-refractivity contribution in [1.29, 1.82) is 5.26 Å². The molecule has 1 aromatic rings. The van der Waals surface area contributed by atoms with E-state index in [2.05, 4.69) is 5.10 Å². The summed E-state index contributed by atoms with van der Waals surface area (Å²) in [7, 11) is 0. The number of hydrogen-bond donors (Lipinski definition) is 0. The molecule has 166 valence electrons. The van der Waals surface area contributed by atoms with Crippen LogP contribution in [0.2, 0.25) is 0 Å². The standard InChI is InChI=1S/C22H28FN5O3/c1-14-12-26(21(30)31-22(3,4)5)13-15(2)27(14)20(29)28-19(6-7-25-28)17-8-16(11-24)9-18(23)10-17/h7-10,14-15,19H,6,12-13H2,1-5H3/t14?,15?,19-/m0/s1. The molecule has 9 heteroatoms. The van der Waals surface area contributed by atoms with Crippen molar-refractivity contribution >= 4 is 18.3 Å². The Hall–Kier alpha value is -3.15. The number of rotatable bonds is 1. The van der Waals surface area contributed by atoms with Crippen LogP contribution in [-0.2, 0) is 4.74 Å². The molecular formula is C22H28FN5O3. The Balaban J connectivity index is 1.76. The van der Waals surface area contributed by atoms with Crippen LogP contribution in [0.3, 0.4) is 0 Å². The maximum absolute atomic E-state index is 14.0. The van der Waals surface area contributed by atoms with Gasteiger partial charge in [0.15, 0.2) is 0 Å². The Morgan fingerprint density at radius 3 is 2.42 bits per heavy atom. The third-order valence-electron chi connectivity index (χ3n) is 5.25. The molecule has 31 heavy (non-hydrogen) atoms. The fourth-order valence-corrected chi connectivity index (χ4v) is 4.04. The zero-order chi connectivity index (χ0) is 22.9. The predicted molar refractivity (Wildman–Crippen MR) is 113 cm³/mol. The highest BCUT2D eigenvalue weighted by atomic mass is 19.1. The summed E-state index contributed by atoms with van der Waals surface area (Å²) in [6.07, 6.45) is 1.64. The molecule has 2 heterocycles. The van der Waals surface area contributed by atoms with Gasteiger partial charge in [-0.2, -0.15) is 10.4 Å². The number of benzene rings is 1. The number of carbonyl (C=O) groups is 2. The minimum absolute atomic E-state index is 0.196. The van der Waals surface area contributed by atoms with Crippen LogP contribution < -0.4 is 0 Å². The van der Waals surface area contributed by atoms with Crippen molar-refractivity contribution in [2.45, 2.75) is 64.8 Å². The highest BCUT2D eigenvalue weighted by Crippen LogP contribution is 2.32. The van der Waals surface area contributed by atoms with Crippen LogP contribution >= 0.6 is 0 Å². The number of nitriles is 1. The quantitative estimate of drug-likeness (QED) is 0.678. The van der Waals surface area contributed by atoms with Crippen LogP contribution in [0.1, 0.15) is 58.2 Å². The normalized spacial score (nSPS) is 23.6. The fraction of sp³-hybridized carbons (Fsp3) is 0.545. The Morgan fingerprint density at radius 2 is 1.84 bits per heavy atom. The third kappa shape index (κ3) is 4.95. The van der Waals surface area contributed by atoms with E-state index in [1.165, 1.54) is 11.1 Å². The first-order chi connectivity index (χ1) is 14.5. The van der Waals surface area contributed by atoms with E-state index in [-0.39, 0.29) is 23.7 Å². The van der Waals surface area contributed by atoms with Crippen LogP contribution in [0.5, 0.6) is 0 Å². The van der Waals surface area contributed by atoms with E-state index in [9.17, 15) is 14.0 Å². The Morgan fingerprint density at radius 1 is 1.19 bits per heavy atom. The summed E-state index contributed by atoms with van der Waals surface area (Å²) in [5.41, 5.74) is 0.124. The van der Waals surface area contributed by atoms with Crippen molar-refractivity contribution < 1.29 is 18.7 Å². The molecule has 1 fully saturated rings. The molecule has 2 aliphatic rings. The number of urea groups is 1. The molecule has 0 spiro atoms. The SMILES string of the molecule is CC1CN(C(=O)OC(C)(C)C)CC(C)N1C(=O)N1N=CC[C@H]1c1cc(F)cc(C#N)c1. The van der Waals surface area contributed by atoms with Crippen molar-refractivity contribution in [3.8, 4) is 6.07 Å². The Kier molecular flexibility index (Phi) is 6.20. The third-order valence-corrected chi connectivity index (χ3v) is 5.25. The van der Waals surface area contributed by atoms with Gasteiger partial charge in [0, 0.05) is 37.8 Å². The van der Waals surface area contributed by atoms with E-state index in [4.69, 9.17) is 10.00 Å². The maximum atomic E-state index is 14.0. The molecule has 3 rings (SSSR count). The first-order valence-electron chi connectivity index (χ1n) is 10.3. The molecule has 2 unspecified atom stereocenters. The van der Waals surface area contributed by atoms with Crippen molar-refractivity contribution in [3.63, 3.8) is 0 Å². The van der Waals surface area contributed by atoms with Gasteiger partial charge < -0.3 is 14.5 Å². The van der Waals surface area contributed by atoms with Crippen LogP contribution in [0.4, 0.5) is 14.0 Å². The second-order valence-corrected chi connectivity index (χ2v) is 9.05. The molecule has 0 N–H and O–H groups in total. The molecular weight excluding hydrogens is 401 g/mol. The molecule has 0 aliphatic carbocycles. The first kappa shape index (κ1) is 22.5. The van der Waals surface area contributed by atoms with Gasteiger partial charge >= 0.3 is 12.1 Å².